The molecule has 20 heavy (non-hydrogen) atoms. The molecule has 0 saturated heterocycles. The summed E-state index contributed by atoms with van der Waals surface area (Å²) >= 11 is 13.5. The van der Waals surface area contributed by atoms with Gasteiger partial charge in [0.1, 0.15) is 11.3 Å². The Balaban J connectivity index is 2.08. The molecular formula is C13H12Cl2N4S. The normalized spacial score (nSPS) is 11.3. The molecule has 0 radical (unpaired) electrons. The number of fused-ring (bicyclic) bond motifs is 1. The number of alkyl halides is 1. The molecule has 0 aliphatic carbocycles. The summed E-state index contributed by atoms with van der Waals surface area (Å²) in [4.78, 5) is 14.4. The number of hydrogen-bond donors (Lipinski definition) is 0. The van der Waals surface area contributed by atoms with Crippen molar-refractivity contribution in [3.8, 4) is 0 Å². The number of thiazole rings is 1. The maximum Gasteiger partial charge on any atom is 0.160 e. The number of halogens is 2. The van der Waals surface area contributed by atoms with Gasteiger partial charge in [-0.3, -0.25) is 0 Å². The first-order valence-corrected chi connectivity index (χ1v) is 7.88. The third-order valence-electron chi connectivity index (χ3n) is 2.93. The molecule has 7 heteroatoms. The predicted molar refractivity (Wildman–Crippen MR) is 82.9 cm³/mol. The van der Waals surface area contributed by atoms with Crippen molar-refractivity contribution < 1.29 is 0 Å². The average molecular weight is 327 g/mol. The minimum absolute atomic E-state index is 0.527. The topological polar surface area (TPSA) is 43.6 Å². The van der Waals surface area contributed by atoms with Crippen LogP contribution >= 0.6 is 34.5 Å². The highest BCUT2D eigenvalue weighted by Gasteiger charge is 2.13. The second kappa shape index (κ2) is 5.68. The second-order valence-corrected chi connectivity index (χ2v) is 6.53. The Labute approximate surface area is 130 Å². The van der Waals surface area contributed by atoms with E-state index in [9.17, 15) is 0 Å². The van der Waals surface area contributed by atoms with Crippen molar-refractivity contribution in [2.24, 2.45) is 0 Å². The molecule has 3 aromatic heterocycles. The van der Waals surface area contributed by atoms with Gasteiger partial charge in [0.2, 0.25) is 0 Å². The van der Waals surface area contributed by atoms with Gasteiger partial charge in [-0.15, -0.1) is 22.9 Å². The van der Waals surface area contributed by atoms with Crippen LogP contribution < -0.4 is 0 Å². The highest BCUT2D eigenvalue weighted by molar-refractivity contribution is 7.11. The summed E-state index contributed by atoms with van der Waals surface area (Å²) in [5.41, 5.74) is 1.64. The molecule has 104 valence electrons. The van der Waals surface area contributed by atoms with Gasteiger partial charge in [0.05, 0.1) is 16.6 Å². The number of aryl methyl sites for hydroxylation is 2. The molecule has 0 unspecified atom stereocenters. The van der Waals surface area contributed by atoms with Crippen molar-refractivity contribution in [3.05, 3.63) is 39.2 Å². The summed E-state index contributed by atoms with van der Waals surface area (Å²) in [6.07, 6.45) is 4.24. The third kappa shape index (κ3) is 2.66. The lowest BCUT2D eigenvalue weighted by molar-refractivity contribution is 0.755. The van der Waals surface area contributed by atoms with E-state index in [1.807, 2.05) is 19.2 Å². The third-order valence-corrected chi connectivity index (χ3v) is 4.23. The second-order valence-electron chi connectivity index (χ2n) is 4.40. The molecule has 3 heterocycles. The molecule has 0 atom stereocenters. The molecule has 0 amide bonds. The summed E-state index contributed by atoms with van der Waals surface area (Å²) < 4.78 is 2.08. The van der Waals surface area contributed by atoms with Crippen molar-refractivity contribution in [1.82, 2.24) is 19.5 Å². The minimum atomic E-state index is 0.527. The lowest BCUT2D eigenvalue weighted by atomic mass is 10.4. The van der Waals surface area contributed by atoms with E-state index in [0.29, 0.717) is 23.9 Å². The van der Waals surface area contributed by atoms with Gasteiger partial charge < -0.3 is 4.57 Å². The van der Waals surface area contributed by atoms with Crippen LogP contribution in [0.25, 0.3) is 11.2 Å². The standard InChI is InChI=1S/C13H12Cl2N4S/c1-8-16-6-10(20-8)7-19-12(2-3-14)18-11-4-9(15)5-17-13(11)19/h4-6H,2-3,7H2,1H3. The van der Waals surface area contributed by atoms with Crippen LogP contribution in [-0.2, 0) is 13.0 Å². The number of aromatic nitrogens is 4. The Hall–Kier alpha value is -1.17. The van der Waals surface area contributed by atoms with Crippen LogP contribution in [0.3, 0.4) is 0 Å². The maximum absolute atomic E-state index is 5.98. The van der Waals surface area contributed by atoms with Crippen LogP contribution in [0.15, 0.2) is 18.5 Å². The fraction of sp³-hybridized carbons (Fsp3) is 0.308. The van der Waals surface area contributed by atoms with Crippen molar-refractivity contribution in [1.29, 1.82) is 0 Å². The van der Waals surface area contributed by atoms with E-state index in [1.165, 1.54) is 4.88 Å². The van der Waals surface area contributed by atoms with Crippen LogP contribution in [0, 0.1) is 6.92 Å². The first kappa shape index (κ1) is 13.8. The molecule has 4 nitrogen and oxygen atoms in total. The van der Waals surface area contributed by atoms with Gasteiger partial charge in [0.25, 0.3) is 0 Å². The summed E-state index contributed by atoms with van der Waals surface area (Å²) in [7, 11) is 0. The molecule has 3 rings (SSSR count). The molecule has 0 fully saturated rings. The monoisotopic (exact) mass is 326 g/mol. The van der Waals surface area contributed by atoms with Gasteiger partial charge in [-0.1, -0.05) is 11.6 Å². The molecule has 0 aromatic carbocycles. The van der Waals surface area contributed by atoms with E-state index >= 15 is 0 Å². The zero-order valence-corrected chi connectivity index (χ0v) is 13.1. The predicted octanol–water partition coefficient (Wildman–Crippen LogP) is 3.68. The summed E-state index contributed by atoms with van der Waals surface area (Å²) in [6, 6.07) is 1.83. The average Bonchev–Trinajstić information content (AvgIpc) is 2.95. The SMILES string of the molecule is Cc1ncc(Cn2c(CCCl)nc3cc(Cl)cnc32)s1. The van der Waals surface area contributed by atoms with Crippen molar-refractivity contribution >= 4 is 45.7 Å². The van der Waals surface area contributed by atoms with E-state index in [4.69, 9.17) is 23.2 Å². The molecule has 0 spiro atoms. The molecule has 0 bridgehead atoms. The lowest BCUT2D eigenvalue weighted by Crippen LogP contribution is -2.05. The fourth-order valence-corrected chi connectivity index (χ4v) is 3.21. The van der Waals surface area contributed by atoms with E-state index in [-0.39, 0.29) is 0 Å². The highest BCUT2D eigenvalue weighted by atomic mass is 35.5. The van der Waals surface area contributed by atoms with Gasteiger partial charge in [-0.05, 0) is 13.0 Å². The molecule has 0 aliphatic rings. The lowest BCUT2D eigenvalue weighted by Gasteiger charge is -2.05. The first-order chi connectivity index (χ1) is 9.67. The van der Waals surface area contributed by atoms with Crippen LogP contribution in [0.5, 0.6) is 0 Å². The van der Waals surface area contributed by atoms with Crippen molar-refractivity contribution in [3.63, 3.8) is 0 Å². The zero-order chi connectivity index (χ0) is 14.1. The molecule has 3 aromatic rings. The number of rotatable bonds is 4. The molecule has 0 aliphatic heterocycles. The highest BCUT2D eigenvalue weighted by Crippen LogP contribution is 2.21. The van der Waals surface area contributed by atoms with Gasteiger partial charge in [0, 0.05) is 29.6 Å². The zero-order valence-electron chi connectivity index (χ0n) is 10.8. The first-order valence-electron chi connectivity index (χ1n) is 6.15. The van der Waals surface area contributed by atoms with E-state index in [0.717, 1.165) is 22.0 Å². The number of hydrogen-bond acceptors (Lipinski definition) is 4. The van der Waals surface area contributed by atoms with E-state index in [2.05, 4.69) is 19.5 Å². The van der Waals surface area contributed by atoms with E-state index in [1.54, 1.807) is 17.5 Å². The molecule has 0 saturated carbocycles. The van der Waals surface area contributed by atoms with Crippen LogP contribution in [-0.4, -0.2) is 25.4 Å². The van der Waals surface area contributed by atoms with E-state index < -0.39 is 0 Å². The van der Waals surface area contributed by atoms with Crippen LogP contribution in [0.1, 0.15) is 15.7 Å². The van der Waals surface area contributed by atoms with Gasteiger partial charge in [-0.25, -0.2) is 15.0 Å². The van der Waals surface area contributed by atoms with Gasteiger partial charge >= 0.3 is 0 Å². The molecule has 0 N–H and O–H groups in total. The fourth-order valence-electron chi connectivity index (χ4n) is 2.11. The summed E-state index contributed by atoms with van der Waals surface area (Å²) in [6.45, 7) is 2.71. The summed E-state index contributed by atoms with van der Waals surface area (Å²) in [5, 5.41) is 1.65. The minimum Gasteiger partial charge on any atom is -0.307 e. The largest absolute Gasteiger partial charge is 0.307 e. The van der Waals surface area contributed by atoms with Gasteiger partial charge in [-0.2, -0.15) is 0 Å². The van der Waals surface area contributed by atoms with Crippen LogP contribution in [0.2, 0.25) is 5.02 Å². The Morgan fingerprint density at radius 3 is 2.85 bits per heavy atom. The Bertz CT molecular complexity index is 750. The summed E-state index contributed by atoms with van der Waals surface area (Å²) in [5.74, 6) is 1.45. The Kier molecular flexibility index (Phi) is 3.92. The number of nitrogens with zero attached hydrogens (tertiary/aromatic N) is 4. The smallest absolute Gasteiger partial charge is 0.160 e. The quantitative estimate of drug-likeness (QED) is 0.687. The maximum atomic E-state index is 5.98. The number of imidazole rings is 1. The molecular weight excluding hydrogens is 315 g/mol. The van der Waals surface area contributed by atoms with Crippen molar-refractivity contribution in [2.75, 3.05) is 5.88 Å². The van der Waals surface area contributed by atoms with Gasteiger partial charge in [0.15, 0.2) is 5.65 Å². The van der Waals surface area contributed by atoms with Crippen LogP contribution in [0.4, 0.5) is 0 Å². The Morgan fingerprint density at radius 1 is 1.30 bits per heavy atom. The Morgan fingerprint density at radius 2 is 2.15 bits per heavy atom. The number of pyridine rings is 1. The van der Waals surface area contributed by atoms with Crippen molar-refractivity contribution in [2.45, 2.75) is 19.9 Å².